The quantitative estimate of drug-likeness (QED) is 0.761. The van der Waals surface area contributed by atoms with E-state index in [1.165, 1.54) is 5.56 Å². The molecule has 136 valence electrons. The van der Waals surface area contributed by atoms with Gasteiger partial charge in [0.05, 0.1) is 12.2 Å². The minimum atomic E-state index is -0.657. The molecule has 0 bridgehead atoms. The Morgan fingerprint density at radius 1 is 1.25 bits per heavy atom. The number of ether oxygens (including phenoxy) is 2. The van der Waals surface area contributed by atoms with Crippen LogP contribution < -0.4 is 10.1 Å². The monoisotopic (exact) mass is 335 g/mol. The summed E-state index contributed by atoms with van der Waals surface area (Å²) < 4.78 is 11.0. The maximum Gasteiger partial charge on any atom is 0.119 e. The lowest BCUT2D eigenvalue weighted by atomic mass is 9.70. The van der Waals surface area contributed by atoms with Gasteiger partial charge in [-0.25, -0.2) is 0 Å². The van der Waals surface area contributed by atoms with E-state index in [1.807, 2.05) is 12.1 Å². The lowest BCUT2D eigenvalue weighted by molar-refractivity contribution is -0.131. The van der Waals surface area contributed by atoms with E-state index in [0.717, 1.165) is 25.3 Å². The van der Waals surface area contributed by atoms with E-state index in [0.29, 0.717) is 26.1 Å². The Labute approximate surface area is 146 Å². The van der Waals surface area contributed by atoms with E-state index in [1.54, 1.807) is 0 Å². The molecule has 4 heteroatoms. The number of hydrogen-bond acceptors (Lipinski definition) is 4. The Morgan fingerprint density at radius 3 is 2.46 bits per heavy atom. The van der Waals surface area contributed by atoms with Crippen molar-refractivity contribution < 1.29 is 14.6 Å². The van der Waals surface area contributed by atoms with Crippen LogP contribution in [0.4, 0.5) is 0 Å². The smallest absolute Gasteiger partial charge is 0.119 e. The van der Waals surface area contributed by atoms with Crippen LogP contribution in [0.15, 0.2) is 24.3 Å². The summed E-state index contributed by atoms with van der Waals surface area (Å²) in [6, 6.07) is 8.51. The second-order valence-electron chi connectivity index (χ2n) is 7.55. The van der Waals surface area contributed by atoms with Gasteiger partial charge in [0, 0.05) is 44.1 Å². The van der Waals surface area contributed by atoms with Crippen molar-refractivity contribution in [3.8, 4) is 5.75 Å². The number of nitrogens with one attached hydrogen (secondary N) is 1. The average molecular weight is 335 g/mol. The molecule has 0 aromatic heterocycles. The van der Waals surface area contributed by atoms with Gasteiger partial charge in [-0.15, -0.1) is 0 Å². The average Bonchev–Trinajstić information content (AvgIpc) is 2.59. The molecule has 0 spiro atoms. The largest absolute Gasteiger partial charge is 0.494 e. The molecular weight excluding hydrogens is 302 g/mol. The summed E-state index contributed by atoms with van der Waals surface area (Å²) in [4.78, 5) is 0. The normalized spacial score (nSPS) is 19.0. The maximum atomic E-state index is 11.0. The second kappa shape index (κ2) is 8.32. The first-order chi connectivity index (χ1) is 11.4. The zero-order valence-electron chi connectivity index (χ0n) is 15.6. The Morgan fingerprint density at radius 2 is 1.88 bits per heavy atom. The molecule has 1 unspecified atom stereocenters. The number of aliphatic hydroxyl groups is 1. The molecule has 4 nitrogen and oxygen atoms in total. The fourth-order valence-electron chi connectivity index (χ4n) is 3.15. The minimum absolute atomic E-state index is 0.199. The van der Waals surface area contributed by atoms with E-state index >= 15 is 0 Å². The summed E-state index contributed by atoms with van der Waals surface area (Å²) >= 11 is 0. The van der Waals surface area contributed by atoms with Gasteiger partial charge in [0.2, 0.25) is 0 Å². The summed E-state index contributed by atoms with van der Waals surface area (Å²) in [7, 11) is 0. The molecule has 1 aromatic carbocycles. The minimum Gasteiger partial charge on any atom is -0.494 e. The molecule has 1 aromatic rings. The predicted molar refractivity (Wildman–Crippen MR) is 97.4 cm³/mol. The van der Waals surface area contributed by atoms with E-state index in [2.05, 4.69) is 45.1 Å². The first-order valence-electron chi connectivity index (χ1n) is 9.14. The van der Waals surface area contributed by atoms with Crippen LogP contribution in [0, 0.1) is 5.41 Å². The van der Waals surface area contributed by atoms with Crippen molar-refractivity contribution in [1.29, 1.82) is 0 Å². The molecule has 1 saturated heterocycles. The van der Waals surface area contributed by atoms with Crippen molar-refractivity contribution in [1.82, 2.24) is 5.32 Å². The number of hydrogen-bond donors (Lipinski definition) is 2. The first kappa shape index (κ1) is 19.2. The zero-order valence-corrected chi connectivity index (χ0v) is 15.6. The predicted octanol–water partition coefficient (Wildman–Crippen LogP) is 3.69. The van der Waals surface area contributed by atoms with Gasteiger partial charge in [0.15, 0.2) is 0 Å². The van der Waals surface area contributed by atoms with Crippen LogP contribution in [0.25, 0.3) is 0 Å². The fraction of sp³-hybridized carbons (Fsp3) is 0.700. The molecule has 24 heavy (non-hydrogen) atoms. The van der Waals surface area contributed by atoms with E-state index in [9.17, 15) is 5.11 Å². The highest BCUT2D eigenvalue weighted by Gasteiger charge is 2.44. The highest BCUT2D eigenvalue weighted by molar-refractivity contribution is 5.29. The van der Waals surface area contributed by atoms with Gasteiger partial charge in [-0.3, -0.25) is 0 Å². The van der Waals surface area contributed by atoms with Gasteiger partial charge in [-0.2, -0.15) is 0 Å². The Bertz CT molecular complexity index is 492. The molecule has 1 atom stereocenters. The third kappa shape index (κ3) is 4.71. The number of rotatable bonds is 8. The van der Waals surface area contributed by atoms with Crippen LogP contribution in [-0.2, 0) is 4.74 Å². The third-order valence-corrected chi connectivity index (χ3v) is 5.28. The van der Waals surface area contributed by atoms with Gasteiger partial charge in [0.1, 0.15) is 5.75 Å². The maximum absolute atomic E-state index is 11.0. The summed E-state index contributed by atoms with van der Waals surface area (Å²) in [6.07, 6.45) is 2.43. The van der Waals surface area contributed by atoms with Crippen LogP contribution in [0.2, 0.25) is 0 Å². The Hall–Kier alpha value is -1.10. The summed E-state index contributed by atoms with van der Waals surface area (Å²) in [5.41, 5.74) is 0.374. The summed E-state index contributed by atoms with van der Waals surface area (Å²) in [6.45, 7) is 11.4. The van der Waals surface area contributed by atoms with Gasteiger partial charge in [-0.05, 0) is 31.0 Å². The van der Waals surface area contributed by atoms with Crippen molar-refractivity contribution in [3.63, 3.8) is 0 Å². The fourth-order valence-corrected chi connectivity index (χ4v) is 3.15. The lowest BCUT2D eigenvalue weighted by Crippen LogP contribution is -2.53. The summed E-state index contributed by atoms with van der Waals surface area (Å²) in [5, 5.41) is 14.5. The van der Waals surface area contributed by atoms with Crippen LogP contribution >= 0.6 is 0 Å². The molecule has 0 amide bonds. The van der Waals surface area contributed by atoms with E-state index in [4.69, 9.17) is 9.47 Å². The van der Waals surface area contributed by atoms with Crippen molar-refractivity contribution >= 4 is 0 Å². The number of benzene rings is 1. The molecule has 1 aliphatic heterocycles. The summed E-state index contributed by atoms with van der Waals surface area (Å²) in [5.74, 6) is 0.921. The molecule has 0 saturated carbocycles. The third-order valence-electron chi connectivity index (χ3n) is 5.28. The Balaban J connectivity index is 1.90. The van der Waals surface area contributed by atoms with Crippen LogP contribution in [0.1, 0.15) is 58.6 Å². The van der Waals surface area contributed by atoms with Crippen molar-refractivity contribution in [2.75, 3.05) is 26.4 Å². The molecule has 1 fully saturated rings. The van der Waals surface area contributed by atoms with Crippen LogP contribution in [-0.4, -0.2) is 37.1 Å². The van der Waals surface area contributed by atoms with Gasteiger partial charge in [-0.1, -0.05) is 32.9 Å². The first-order valence-corrected chi connectivity index (χ1v) is 9.14. The molecule has 0 aliphatic carbocycles. The molecule has 0 radical (unpaired) electrons. The highest BCUT2D eigenvalue weighted by atomic mass is 16.5. The van der Waals surface area contributed by atoms with Gasteiger partial charge >= 0.3 is 0 Å². The van der Waals surface area contributed by atoms with E-state index < -0.39 is 5.60 Å². The van der Waals surface area contributed by atoms with Crippen LogP contribution in [0.3, 0.4) is 0 Å². The van der Waals surface area contributed by atoms with Gasteiger partial charge in [0.25, 0.3) is 0 Å². The standard InChI is InChI=1S/C20H33NO3/c1-5-12-24-18-8-6-17(7-9-18)16(2)21-15-19(3,4)20(22)10-13-23-14-11-20/h6-9,16,21-22H,5,10-15H2,1-4H3. The molecule has 1 aliphatic rings. The van der Waals surface area contributed by atoms with Gasteiger partial charge < -0.3 is 19.9 Å². The lowest BCUT2D eigenvalue weighted by Gasteiger charge is -2.45. The topological polar surface area (TPSA) is 50.7 Å². The van der Waals surface area contributed by atoms with Crippen LogP contribution in [0.5, 0.6) is 5.75 Å². The van der Waals surface area contributed by atoms with Crippen molar-refractivity contribution in [2.45, 2.75) is 58.6 Å². The highest BCUT2D eigenvalue weighted by Crippen LogP contribution is 2.38. The van der Waals surface area contributed by atoms with E-state index in [-0.39, 0.29) is 11.5 Å². The molecule has 2 N–H and O–H groups in total. The second-order valence-corrected chi connectivity index (χ2v) is 7.55. The molecular formula is C20H33NO3. The van der Waals surface area contributed by atoms with Crippen molar-refractivity contribution in [2.24, 2.45) is 5.41 Å². The molecule has 1 heterocycles. The Kier molecular flexibility index (Phi) is 6.67. The zero-order chi connectivity index (χ0) is 17.6. The molecule has 2 rings (SSSR count). The van der Waals surface area contributed by atoms with Crippen molar-refractivity contribution in [3.05, 3.63) is 29.8 Å². The SMILES string of the molecule is CCCOc1ccc(C(C)NCC(C)(C)C2(O)CCOCC2)cc1.